The molecule has 1 N–H and O–H groups in total. The van der Waals surface area contributed by atoms with Crippen LogP contribution in [0.2, 0.25) is 0 Å². The van der Waals surface area contributed by atoms with Crippen LogP contribution < -0.4 is 5.32 Å². The van der Waals surface area contributed by atoms with Gasteiger partial charge in [0.25, 0.3) is 0 Å². The Labute approximate surface area is 119 Å². The van der Waals surface area contributed by atoms with Crippen molar-refractivity contribution in [1.82, 2.24) is 15.1 Å². The van der Waals surface area contributed by atoms with Crippen molar-refractivity contribution in [2.75, 3.05) is 19.6 Å². The summed E-state index contributed by atoms with van der Waals surface area (Å²) in [5.41, 5.74) is 1.08. The summed E-state index contributed by atoms with van der Waals surface area (Å²) in [7, 11) is 0. The molecular weight excluding hydrogens is 254 g/mol. The minimum absolute atomic E-state index is 0.197. The highest BCUT2D eigenvalue weighted by atomic mass is 16.2. The van der Waals surface area contributed by atoms with E-state index in [-0.39, 0.29) is 12.1 Å². The molecule has 5 nitrogen and oxygen atoms in total. The largest absolute Gasteiger partial charge is 0.336 e. The lowest BCUT2D eigenvalue weighted by Crippen LogP contribution is -2.44. The Morgan fingerprint density at radius 2 is 2.10 bits per heavy atom. The number of carbonyl (C=O) groups excluding carboxylic acids is 2. The molecule has 0 aliphatic carbocycles. The van der Waals surface area contributed by atoms with Crippen molar-refractivity contribution in [2.24, 2.45) is 0 Å². The van der Waals surface area contributed by atoms with Crippen LogP contribution >= 0.6 is 0 Å². The highest BCUT2D eigenvalue weighted by Gasteiger charge is 2.29. The molecule has 0 aromatic heterocycles. The summed E-state index contributed by atoms with van der Waals surface area (Å²) in [4.78, 5) is 27.1. The molecule has 1 fully saturated rings. The van der Waals surface area contributed by atoms with Crippen LogP contribution in [0.15, 0.2) is 30.3 Å². The van der Waals surface area contributed by atoms with Gasteiger partial charge in [0.15, 0.2) is 0 Å². The van der Waals surface area contributed by atoms with Crippen molar-refractivity contribution in [1.29, 1.82) is 0 Å². The third kappa shape index (κ3) is 3.50. The first-order valence-electron chi connectivity index (χ1n) is 7.10. The molecule has 2 rings (SSSR count). The molecule has 0 saturated carbocycles. The van der Waals surface area contributed by atoms with Crippen LogP contribution in [0.25, 0.3) is 0 Å². The SMILES string of the molecule is CCCCN(Cc1ccccc1)C(=O)N1CCNC1=O. The van der Waals surface area contributed by atoms with E-state index in [2.05, 4.69) is 12.2 Å². The molecule has 0 radical (unpaired) electrons. The fraction of sp³-hybridized carbons (Fsp3) is 0.467. The number of carbonyl (C=O) groups is 2. The minimum Gasteiger partial charge on any atom is -0.336 e. The van der Waals surface area contributed by atoms with Crippen LogP contribution in [-0.2, 0) is 6.54 Å². The van der Waals surface area contributed by atoms with Gasteiger partial charge in [-0.1, -0.05) is 43.7 Å². The molecule has 4 amide bonds. The first-order chi connectivity index (χ1) is 9.72. The molecule has 1 heterocycles. The van der Waals surface area contributed by atoms with Crippen molar-refractivity contribution in [2.45, 2.75) is 26.3 Å². The summed E-state index contributed by atoms with van der Waals surface area (Å²) in [5.74, 6) is 0. The van der Waals surface area contributed by atoms with Crippen molar-refractivity contribution >= 4 is 12.1 Å². The Morgan fingerprint density at radius 3 is 2.70 bits per heavy atom. The summed E-state index contributed by atoms with van der Waals surface area (Å²) >= 11 is 0. The standard InChI is InChI=1S/C15H21N3O2/c1-2-3-10-17(12-13-7-5-4-6-8-13)15(20)18-11-9-16-14(18)19/h4-8H,2-3,9-12H2,1H3,(H,16,19). The van der Waals surface area contributed by atoms with Crippen molar-refractivity contribution in [3.8, 4) is 0 Å². The second-order valence-electron chi connectivity index (χ2n) is 4.93. The summed E-state index contributed by atoms with van der Waals surface area (Å²) in [5, 5.41) is 2.66. The van der Waals surface area contributed by atoms with Crippen LogP contribution in [0.5, 0.6) is 0 Å². The van der Waals surface area contributed by atoms with E-state index in [4.69, 9.17) is 0 Å². The minimum atomic E-state index is -0.287. The molecule has 5 heteroatoms. The number of hydrogen-bond donors (Lipinski definition) is 1. The maximum atomic E-state index is 12.5. The predicted molar refractivity (Wildman–Crippen MR) is 77.3 cm³/mol. The summed E-state index contributed by atoms with van der Waals surface area (Å²) in [6.07, 6.45) is 1.96. The molecule has 1 aromatic carbocycles. The lowest BCUT2D eigenvalue weighted by Gasteiger charge is -2.26. The van der Waals surface area contributed by atoms with Gasteiger partial charge in [-0.15, -0.1) is 0 Å². The van der Waals surface area contributed by atoms with Crippen LogP contribution in [0.4, 0.5) is 9.59 Å². The van der Waals surface area contributed by atoms with Gasteiger partial charge in [0, 0.05) is 26.2 Å². The highest BCUT2D eigenvalue weighted by Crippen LogP contribution is 2.11. The third-order valence-electron chi connectivity index (χ3n) is 3.36. The average Bonchev–Trinajstić information content (AvgIpc) is 2.90. The quantitative estimate of drug-likeness (QED) is 0.897. The van der Waals surface area contributed by atoms with E-state index in [1.807, 2.05) is 30.3 Å². The van der Waals surface area contributed by atoms with Gasteiger partial charge in [-0.25, -0.2) is 14.5 Å². The van der Waals surface area contributed by atoms with Gasteiger partial charge in [0.1, 0.15) is 0 Å². The number of imide groups is 1. The molecule has 0 atom stereocenters. The molecule has 1 saturated heterocycles. The van der Waals surface area contributed by atoms with Crippen LogP contribution in [-0.4, -0.2) is 41.5 Å². The zero-order valence-electron chi connectivity index (χ0n) is 11.8. The van der Waals surface area contributed by atoms with Gasteiger partial charge in [-0.3, -0.25) is 0 Å². The van der Waals surface area contributed by atoms with E-state index in [0.29, 0.717) is 26.2 Å². The fourth-order valence-electron chi connectivity index (χ4n) is 2.22. The molecule has 1 aliphatic rings. The number of hydrogen-bond acceptors (Lipinski definition) is 2. The van der Waals surface area contributed by atoms with Gasteiger partial charge in [0.05, 0.1) is 0 Å². The van der Waals surface area contributed by atoms with Gasteiger partial charge in [-0.05, 0) is 12.0 Å². The number of benzene rings is 1. The first kappa shape index (κ1) is 14.4. The second-order valence-corrected chi connectivity index (χ2v) is 4.93. The van der Waals surface area contributed by atoms with E-state index < -0.39 is 0 Å². The van der Waals surface area contributed by atoms with Gasteiger partial charge in [-0.2, -0.15) is 0 Å². The maximum Gasteiger partial charge on any atom is 0.328 e. The molecule has 1 aromatic rings. The lowest BCUT2D eigenvalue weighted by atomic mass is 10.2. The number of urea groups is 2. The molecule has 0 spiro atoms. The van der Waals surface area contributed by atoms with Crippen LogP contribution in [0.3, 0.4) is 0 Å². The number of unbranched alkanes of at least 4 members (excludes halogenated alkanes) is 1. The molecular formula is C15H21N3O2. The zero-order valence-corrected chi connectivity index (χ0v) is 11.8. The van der Waals surface area contributed by atoms with Crippen molar-refractivity contribution in [3.63, 3.8) is 0 Å². The Bertz CT molecular complexity index is 461. The fourth-order valence-corrected chi connectivity index (χ4v) is 2.22. The van der Waals surface area contributed by atoms with E-state index in [9.17, 15) is 9.59 Å². The smallest absolute Gasteiger partial charge is 0.328 e. The van der Waals surface area contributed by atoms with Crippen molar-refractivity contribution < 1.29 is 9.59 Å². The normalized spacial score (nSPS) is 14.2. The maximum absolute atomic E-state index is 12.5. The first-order valence-corrected chi connectivity index (χ1v) is 7.10. The van der Waals surface area contributed by atoms with Gasteiger partial charge >= 0.3 is 12.1 Å². The molecule has 1 aliphatic heterocycles. The summed E-state index contributed by atoms with van der Waals surface area (Å²) in [6, 6.07) is 9.38. The van der Waals surface area contributed by atoms with E-state index in [0.717, 1.165) is 18.4 Å². The number of nitrogens with zero attached hydrogens (tertiary/aromatic N) is 2. The lowest BCUT2D eigenvalue weighted by molar-refractivity contribution is 0.160. The van der Waals surface area contributed by atoms with E-state index in [1.165, 1.54) is 4.90 Å². The molecule has 20 heavy (non-hydrogen) atoms. The predicted octanol–water partition coefficient (Wildman–Crippen LogP) is 2.43. The van der Waals surface area contributed by atoms with E-state index in [1.54, 1.807) is 4.90 Å². The number of amides is 4. The monoisotopic (exact) mass is 275 g/mol. The highest BCUT2D eigenvalue weighted by molar-refractivity contribution is 5.94. The van der Waals surface area contributed by atoms with Gasteiger partial charge in [0.2, 0.25) is 0 Å². The number of rotatable bonds is 5. The van der Waals surface area contributed by atoms with Crippen LogP contribution in [0, 0.1) is 0 Å². The van der Waals surface area contributed by atoms with Crippen molar-refractivity contribution in [3.05, 3.63) is 35.9 Å². The average molecular weight is 275 g/mol. The molecule has 0 unspecified atom stereocenters. The summed E-state index contributed by atoms with van der Waals surface area (Å²) < 4.78 is 0. The topological polar surface area (TPSA) is 52.7 Å². The third-order valence-corrected chi connectivity index (χ3v) is 3.36. The Balaban J connectivity index is 2.06. The Kier molecular flexibility index (Phi) is 4.98. The zero-order chi connectivity index (χ0) is 14.4. The number of nitrogens with one attached hydrogen (secondary N) is 1. The molecule has 0 bridgehead atoms. The Morgan fingerprint density at radius 1 is 1.35 bits per heavy atom. The molecule has 108 valence electrons. The Hall–Kier alpha value is -2.04. The van der Waals surface area contributed by atoms with Crippen LogP contribution in [0.1, 0.15) is 25.3 Å². The van der Waals surface area contributed by atoms with E-state index >= 15 is 0 Å². The van der Waals surface area contributed by atoms with Gasteiger partial charge < -0.3 is 10.2 Å². The summed E-state index contributed by atoms with van der Waals surface area (Å²) in [6.45, 7) is 4.30. The second kappa shape index (κ2) is 6.93.